The summed E-state index contributed by atoms with van der Waals surface area (Å²) in [6.45, 7) is 0. The third-order valence-electron chi connectivity index (χ3n) is 1.68. The number of benzene rings is 1. The van der Waals surface area contributed by atoms with Crippen molar-refractivity contribution in [2.24, 2.45) is 0 Å². The molecule has 18 heavy (non-hydrogen) atoms. The Bertz CT molecular complexity index is 645. The van der Waals surface area contributed by atoms with Crippen LogP contribution in [0.15, 0.2) is 18.2 Å². The molecule has 102 valence electrons. The highest BCUT2D eigenvalue weighted by Gasteiger charge is 2.11. The molecular formula is C8H10BrClN2O4S2. The quantitative estimate of drug-likeness (QED) is 0.765. The third-order valence-corrected chi connectivity index (χ3v) is 5.23. The molecule has 0 amide bonds. The molecule has 0 bridgehead atoms. The maximum absolute atomic E-state index is 11.3. The molecule has 0 radical (unpaired) electrons. The van der Waals surface area contributed by atoms with Crippen LogP contribution in [0.5, 0.6) is 0 Å². The van der Waals surface area contributed by atoms with Crippen LogP contribution < -0.4 is 9.44 Å². The van der Waals surface area contributed by atoms with Gasteiger partial charge in [0, 0.05) is 0 Å². The van der Waals surface area contributed by atoms with Crippen LogP contribution in [0.2, 0.25) is 5.02 Å². The normalized spacial score (nSPS) is 12.2. The summed E-state index contributed by atoms with van der Waals surface area (Å²) in [5, 5.41) is 0.0928. The molecule has 6 nitrogen and oxygen atoms in total. The number of hydrogen-bond acceptors (Lipinski definition) is 4. The van der Waals surface area contributed by atoms with Crippen molar-refractivity contribution < 1.29 is 16.8 Å². The van der Waals surface area contributed by atoms with Gasteiger partial charge in [-0.15, -0.1) is 0 Å². The van der Waals surface area contributed by atoms with Gasteiger partial charge in [-0.2, -0.15) is 0 Å². The van der Waals surface area contributed by atoms with E-state index in [1.54, 1.807) is 0 Å². The molecule has 0 aromatic heterocycles. The van der Waals surface area contributed by atoms with Gasteiger partial charge in [0.05, 0.1) is 22.7 Å². The lowest BCUT2D eigenvalue weighted by molar-refractivity contribution is 0.604. The summed E-state index contributed by atoms with van der Waals surface area (Å²) < 4.78 is 48.8. The Balaban J connectivity index is 3.00. The zero-order chi connectivity index (χ0) is 14.0. The van der Waals surface area contributed by atoms with Crippen LogP contribution >= 0.6 is 27.5 Å². The van der Waals surface area contributed by atoms with E-state index in [1.807, 2.05) is 0 Å². The molecular weight excluding hydrogens is 368 g/mol. The van der Waals surface area contributed by atoms with Gasteiger partial charge in [-0.1, -0.05) is 27.5 Å². The average molecular weight is 378 g/mol. The molecule has 0 spiro atoms. The van der Waals surface area contributed by atoms with Crippen LogP contribution in [0.4, 0.5) is 11.4 Å². The first-order valence-electron chi connectivity index (χ1n) is 4.47. The maximum Gasteiger partial charge on any atom is 0.242 e. The van der Waals surface area contributed by atoms with Crippen LogP contribution in [0.1, 0.15) is 0 Å². The van der Waals surface area contributed by atoms with Gasteiger partial charge in [0.15, 0.2) is 0 Å². The lowest BCUT2D eigenvalue weighted by Crippen LogP contribution is -2.13. The molecule has 0 fully saturated rings. The van der Waals surface area contributed by atoms with Gasteiger partial charge in [0.2, 0.25) is 20.0 Å². The van der Waals surface area contributed by atoms with E-state index < -0.39 is 20.0 Å². The molecule has 0 aliphatic heterocycles. The SMILES string of the molecule is CS(=O)(=O)Nc1ccc(NS(=O)(=O)CBr)cc1Cl. The Kier molecular flexibility index (Phi) is 4.87. The van der Waals surface area contributed by atoms with Crippen LogP contribution in [-0.2, 0) is 20.0 Å². The third kappa shape index (κ3) is 5.01. The molecule has 0 saturated carbocycles. The Morgan fingerprint density at radius 2 is 1.83 bits per heavy atom. The summed E-state index contributed by atoms with van der Waals surface area (Å²) >= 11 is 8.66. The molecule has 0 saturated heterocycles. The lowest BCUT2D eigenvalue weighted by atomic mass is 10.3. The number of rotatable bonds is 5. The first kappa shape index (κ1) is 15.5. The van der Waals surface area contributed by atoms with Crippen LogP contribution in [-0.4, -0.2) is 27.8 Å². The van der Waals surface area contributed by atoms with Gasteiger partial charge in [-0.05, 0) is 18.2 Å². The number of nitrogens with one attached hydrogen (secondary N) is 2. The summed E-state index contributed by atoms with van der Waals surface area (Å²) in [5.74, 6) is 0. The minimum atomic E-state index is -3.47. The van der Waals surface area contributed by atoms with E-state index >= 15 is 0 Å². The molecule has 1 aromatic carbocycles. The highest BCUT2D eigenvalue weighted by Crippen LogP contribution is 2.26. The van der Waals surface area contributed by atoms with Crippen molar-refractivity contribution in [3.8, 4) is 0 Å². The van der Waals surface area contributed by atoms with Crippen molar-refractivity contribution in [1.29, 1.82) is 0 Å². The second kappa shape index (κ2) is 5.64. The van der Waals surface area contributed by atoms with Crippen LogP contribution in [0, 0.1) is 0 Å². The second-order valence-corrected chi connectivity index (χ2v) is 8.58. The summed E-state index contributed by atoms with van der Waals surface area (Å²) in [5.41, 5.74) is 0.430. The standard InChI is InChI=1S/C8H10BrClN2O4S2/c1-17(13,14)12-8-3-2-6(4-7(8)10)11-18(15,16)5-9/h2-4,11-12H,5H2,1H3. The fourth-order valence-electron chi connectivity index (χ4n) is 1.07. The predicted octanol–water partition coefficient (Wildman–Crippen LogP) is 1.81. The monoisotopic (exact) mass is 376 g/mol. The van der Waals surface area contributed by atoms with Gasteiger partial charge in [-0.3, -0.25) is 9.44 Å². The Labute approximate surface area is 119 Å². The van der Waals surface area contributed by atoms with E-state index in [0.717, 1.165) is 6.26 Å². The smallest absolute Gasteiger partial charge is 0.242 e. The molecule has 1 aromatic rings. The van der Waals surface area contributed by atoms with Crippen LogP contribution in [0.25, 0.3) is 0 Å². The minimum Gasteiger partial charge on any atom is -0.283 e. The maximum atomic E-state index is 11.3. The summed E-state index contributed by atoms with van der Waals surface area (Å²) in [6.07, 6.45) is 0.991. The zero-order valence-corrected chi connectivity index (χ0v) is 13.1. The fraction of sp³-hybridized carbons (Fsp3) is 0.250. The average Bonchev–Trinajstić information content (AvgIpc) is 2.20. The second-order valence-electron chi connectivity index (χ2n) is 3.39. The van der Waals surface area contributed by atoms with Crippen molar-refractivity contribution in [1.82, 2.24) is 0 Å². The Morgan fingerprint density at radius 1 is 1.22 bits per heavy atom. The first-order chi connectivity index (χ1) is 8.13. The molecule has 0 unspecified atom stereocenters. The number of halogens is 2. The number of sulfonamides is 2. The fourth-order valence-corrected chi connectivity index (χ4v) is 2.81. The van der Waals surface area contributed by atoms with E-state index in [2.05, 4.69) is 25.4 Å². The molecule has 0 heterocycles. The van der Waals surface area contributed by atoms with Crippen molar-refractivity contribution >= 4 is 59.0 Å². The van der Waals surface area contributed by atoms with Crippen molar-refractivity contribution in [3.05, 3.63) is 23.2 Å². The van der Waals surface area contributed by atoms with Gasteiger partial charge in [0.1, 0.15) is 4.66 Å². The van der Waals surface area contributed by atoms with E-state index in [1.165, 1.54) is 18.2 Å². The van der Waals surface area contributed by atoms with Crippen LogP contribution in [0.3, 0.4) is 0 Å². The van der Waals surface area contributed by atoms with E-state index in [0.29, 0.717) is 0 Å². The molecule has 0 aliphatic rings. The molecule has 2 N–H and O–H groups in total. The van der Waals surface area contributed by atoms with Crippen molar-refractivity contribution in [2.75, 3.05) is 20.4 Å². The summed E-state index contributed by atoms with van der Waals surface area (Å²) in [4.78, 5) is 0. The van der Waals surface area contributed by atoms with Gasteiger partial charge in [0.25, 0.3) is 0 Å². The molecule has 0 atom stereocenters. The highest BCUT2D eigenvalue weighted by atomic mass is 79.9. The van der Waals surface area contributed by atoms with E-state index in [-0.39, 0.29) is 21.1 Å². The van der Waals surface area contributed by atoms with E-state index in [9.17, 15) is 16.8 Å². The highest BCUT2D eigenvalue weighted by molar-refractivity contribution is 9.10. The minimum absolute atomic E-state index is 0.0928. The summed E-state index contributed by atoms with van der Waals surface area (Å²) in [7, 11) is -6.90. The number of alkyl halides is 1. The van der Waals surface area contributed by atoms with Gasteiger partial charge >= 0.3 is 0 Å². The zero-order valence-electron chi connectivity index (χ0n) is 9.14. The predicted molar refractivity (Wildman–Crippen MR) is 76.3 cm³/mol. The summed E-state index contributed by atoms with van der Waals surface area (Å²) in [6, 6.07) is 4.09. The number of anilines is 2. The lowest BCUT2D eigenvalue weighted by Gasteiger charge is -2.09. The topological polar surface area (TPSA) is 92.3 Å². The van der Waals surface area contributed by atoms with Gasteiger partial charge < -0.3 is 0 Å². The van der Waals surface area contributed by atoms with E-state index in [4.69, 9.17) is 11.6 Å². The van der Waals surface area contributed by atoms with Gasteiger partial charge in [-0.25, -0.2) is 16.8 Å². The number of hydrogen-bond donors (Lipinski definition) is 2. The largest absolute Gasteiger partial charge is 0.283 e. The van der Waals surface area contributed by atoms with Crippen molar-refractivity contribution in [3.63, 3.8) is 0 Å². The Morgan fingerprint density at radius 3 is 2.28 bits per heavy atom. The first-order valence-corrected chi connectivity index (χ1v) is 9.51. The Hall–Kier alpha value is -0.510. The molecule has 0 aliphatic carbocycles. The van der Waals surface area contributed by atoms with Crippen molar-refractivity contribution in [2.45, 2.75) is 0 Å². The molecule has 10 heteroatoms. The molecule has 1 rings (SSSR count).